The lowest BCUT2D eigenvalue weighted by atomic mass is 10.1. The van der Waals surface area contributed by atoms with Crippen LogP contribution in [0.5, 0.6) is 5.75 Å². The van der Waals surface area contributed by atoms with E-state index in [2.05, 4.69) is 26.6 Å². The Labute approximate surface area is 186 Å². The van der Waals surface area contributed by atoms with Crippen molar-refractivity contribution in [2.75, 3.05) is 11.9 Å². The van der Waals surface area contributed by atoms with Crippen molar-refractivity contribution in [2.24, 2.45) is 0 Å². The summed E-state index contributed by atoms with van der Waals surface area (Å²) < 4.78 is 15.4. The van der Waals surface area contributed by atoms with E-state index in [0.29, 0.717) is 15.9 Å². The van der Waals surface area contributed by atoms with Crippen molar-refractivity contribution in [2.45, 2.75) is 13.5 Å². The fourth-order valence-corrected chi connectivity index (χ4v) is 2.90. The molecule has 0 fully saturated rings. The van der Waals surface area contributed by atoms with E-state index in [4.69, 9.17) is 13.9 Å². The van der Waals surface area contributed by atoms with Crippen LogP contribution >= 0.6 is 15.9 Å². The number of carbonyl (C=O) groups is 3. The Kier molecular flexibility index (Phi) is 7.45. The van der Waals surface area contributed by atoms with Crippen LogP contribution in [0.25, 0.3) is 0 Å². The summed E-state index contributed by atoms with van der Waals surface area (Å²) in [4.78, 5) is 35.9. The van der Waals surface area contributed by atoms with Gasteiger partial charge in [0.05, 0.1) is 6.61 Å². The smallest absolute Gasteiger partial charge is 0.444 e. The van der Waals surface area contributed by atoms with Crippen LogP contribution < -0.4 is 15.4 Å². The summed E-state index contributed by atoms with van der Waals surface area (Å²) >= 11 is 3.16. The number of benzene rings is 2. The number of ether oxygens (including phenoxy) is 2. The molecule has 0 atom stereocenters. The van der Waals surface area contributed by atoms with Crippen LogP contribution in [0.1, 0.15) is 33.4 Å². The molecular formula is C22H19BrN2O6. The van der Waals surface area contributed by atoms with E-state index >= 15 is 0 Å². The molecule has 0 spiro atoms. The maximum absolute atomic E-state index is 12.4. The molecule has 3 rings (SSSR count). The molecule has 1 heterocycles. The van der Waals surface area contributed by atoms with Gasteiger partial charge in [0, 0.05) is 17.8 Å². The third-order valence-electron chi connectivity index (χ3n) is 4.01. The summed E-state index contributed by atoms with van der Waals surface area (Å²) in [7, 11) is 0. The zero-order valence-corrected chi connectivity index (χ0v) is 18.1. The predicted octanol–water partition coefficient (Wildman–Crippen LogP) is 4.76. The van der Waals surface area contributed by atoms with Gasteiger partial charge in [0.15, 0.2) is 10.4 Å². The van der Waals surface area contributed by atoms with Crippen molar-refractivity contribution in [3.05, 3.63) is 82.2 Å². The molecule has 31 heavy (non-hydrogen) atoms. The SMILES string of the molecule is CCOC(=O)Oc1ccc(C(=O)NCc2cccc(NC(=O)c3ccc(Br)o3)c2)cc1. The summed E-state index contributed by atoms with van der Waals surface area (Å²) in [6.45, 7) is 2.15. The van der Waals surface area contributed by atoms with E-state index in [1.54, 1.807) is 49.4 Å². The molecule has 0 bridgehead atoms. The number of nitrogens with one attached hydrogen (secondary N) is 2. The number of rotatable bonds is 7. The largest absolute Gasteiger partial charge is 0.513 e. The fraction of sp³-hybridized carbons (Fsp3) is 0.136. The molecule has 1 aromatic heterocycles. The monoisotopic (exact) mass is 486 g/mol. The maximum Gasteiger partial charge on any atom is 0.513 e. The van der Waals surface area contributed by atoms with Crippen molar-refractivity contribution < 1.29 is 28.3 Å². The number of carbonyl (C=O) groups excluding carboxylic acids is 3. The third kappa shape index (κ3) is 6.45. The number of hydrogen-bond donors (Lipinski definition) is 2. The summed E-state index contributed by atoms with van der Waals surface area (Å²) in [6, 6.07) is 16.4. The number of anilines is 1. The Morgan fingerprint density at radius 2 is 1.77 bits per heavy atom. The van der Waals surface area contributed by atoms with Crippen molar-refractivity contribution in [1.82, 2.24) is 5.32 Å². The van der Waals surface area contributed by atoms with Gasteiger partial charge in [-0.05, 0) is 76.9 Å². The molecule has 2 N–H and O–H groups in total. The quantitative estimate of drug-likeness (QED) is 0.368. The van der Waals surface area contributed by atoms with E-state index < -0.39 is 6.16 Å². The first kappa shape index (κ1) is 22.1. The van der Waals surface area contributed by atoms with Gasteiger partial charge in [0.1, 0.15) is 5.75 Å². The van der Waals surface area contributed by atoms with Gasteiger partial charge < -0.3 is 24.5 Å². The van der Waals surface area contributed by atoms with Gasteiger partial charge in [-0.15, -0.1) is 0 Å². The van der Waals surface area contributed by atoms with E-state index in [1.807, 2.05) is 6.07 Å². The van der Waals surface area contributed by atoms with Crippen molar-refractivity contribution in [1.29, 1.82) is 0 Å². The summed E-state index contributed by atoms with van der Waals surface area (Å²) in [5, 5.41) is 5.55. The van der Waals surface area contributed by atoms with Crippen LogP contribution in [0.2, 0.25) is 0 Å². The Morgan fingerprint density at radius 1 is 1.00 bits per heavy atom. The summed E-state index contributed by atoms with van der Waals surface area (Å²) in [5.41, 5.74) is 1.78. The first-order valence-corrected chi connectivity index (χ1v) is 10.1. The summed E-state index contributed by atoms with van der Waals surface area (Å²) in [5.74, 6) is -0.211. The molecule has 8 nitrogen and oxygen atoms in total. The Bertz CT molecular complexity index is 1080. The Balaban J connectivity index is 1.54. The normalized spacial score (nSPS) is 10.3. The molecule has 0 aliphatic heterocycles. The molecule has 3 aromatic rings. The highest BCUT2D eigenvalue weighted by molar-refractivity contribution is 9.10. The fourth-order valence-electron chi connectivity index (χ4n) is 2.59. The van der Waals surface area contributed by atoms with Crippen LogP contribution in [-0.2, 0) is 11.3 Å². The lowest BCUT2D eigenvalue weighted by molar-refractivity contribution is 0.0949. The lowest BCUT2D eigenvalue weighted by Crippen LogP contribution is -2.22. The van der Waals surface area contributed by atoms with Crippen LogP contribution in [-0.4, -0.2) is 24.6 Å². The van der Waals surface area contributed by atoms with Crippen LogP contribution in [0.4, 0.5) is 10.5 Å². The zero-order chi connectivity index (χ0) is 22.2. The predicted molar refractivity (Wildman–Crippen MR) is 116 cm³/mol. The minimum absolute atomic E-state index is 0.181. The Morgan fingerprint density at radius 3 is 2.45 bits per heavy atom. The topological polar surface area (TPSA) is 107 Å². The molecule has 0 saturated carbocycles. The molecular weight excluding hydrogens is 468 g/mol. The van der Waals surface area contributed by atoms with Gasteiger partial charge in [-0.25, -0.2) is 4.79 Å². The van der Waals surface area contributed by atoms with Gasteiger partial charge in [-0.2, -0.15) is 0 Å². The maximum atomic E-state index is 12.4. The van der Waals surface area contributed by atoms with Crippen molar-refractivity contribution in [3.63, 3.8) is 0 Å². The van der Waals surface area contributed by atoms with Gasteiger partial charge in [-0.1, -0.05) is 12.1 Å². The Hall–Kier alpha value is -3.59. The highest BCUT2D eigenvalue weighted by Crippen LogP contribution is 2.17. The van der Waals surface area contributed by atoms with E-state index in [9.17, 15) is 14.4 Å². The first-order chi connectivity index (χ1) is 14.9. The van der Waals surface area contributed by atoms with E-state index in [1.165, 1.54) is 12.1 Å². The third-order valence-corrected chi connectivity index (χ3v) is 4.44. The van der Waals surface area contributed by atoms with Crippen LogP contribution in [0.15, 0.2) is 69.8 Å². The second-order valence-electron chi connectivity index (χ2n) is 6.25. The second-order valence-corrected chi connectivity index (χ2v) is 7.03. The zero-order valence-electron chi connectivity index (χ0n) is 16.5. The molecule has 0 aliphatic rings. The first-order valence-electron chi connectivity index (χ1n) is 9.33. The molecule has 0 radical (unpaired) electrons. The molecule has 0 aliphatic carbocycles. The van der Waals surface area contributed by atoms with Gasteiger partial charge in [-0.3, -0.25) is 9.59 Å². The standard InChI is InChI=1S/C22H19BrN2O6/c1-2-29-22(28)30-17-8-6-15(7-9-17)20(26)24-13-14-4-3-5-16(12-14)25-21(27)18-10-11-19(23)31-18/h3-12H,2,13H2,1H3,(H,24,26)(H,25,27). The van der Waals surface area contributed by atoms with Gasteiger partial charge >= 0.3 is 6.16 Å². The molecule has 2 aromatic carbocycles. The second kappa shape index (κ2) is 10.4. The molecule has 0 unspecified atom stereocenters. The molecule has 2 amide bonds. The number of hydrogen-bond acceptors (Lipinski definition) is 6. The number of halogens is 1. The number of furan rings is 1. The average Bonchev–Trinajstić information content (AvgIpc) is 3.19. The highest BCUT2D eigenvalue weighted by atomic mass is 79.9. The minimum Gasteiger partial charge on any atom is -0.444 e. The lowest BCUT2D eigenvalue weighted by Gasteiger charge is -2.09. The molecule has 160 valence electrons. The van der Waals surface area contributed by atoms with E-state index in [-0.39, 0.29) is 36.5 Å². The van der Waals surface area contributed by atoms with Crippen LogP contribution in [0.3, 0.4) is 0 Å². The number of amides is 2. The van der Waals surface area contributed by atoms with Crippen molar-refractivity contribution in [3.8, 4) is 5.75 Å². The molecule has 0 saturated heterocycles. The summed E-state index contributed by atoms with van der Waals surface area (Å²) in [6.07, 6.45) is -0.800. The highest BCUT2D eigenvalue weighted by Gasteiger charge is 2.12. The van der Waals surface area contributed by atoms with Crippen molar-refractivity contribution >= 4 is 39.6 Å². The van der Waals surface area contributed by atoms with Crippen LogP contribution in [0, 0.1) is 0 Å². The van der Waals surface area contributed by atoms with E-state index in [0.717, 1.165) is 5.56 Å². The van der Waals surface area contributed by atoms with Gasteiger partial charge in [0.2, 0.25) is 0 Å². The molecule has 9 heteroatoms. The minimum atomic E-state index is -0.800. The van der Waals surface area contributed by atoms with Gasteiger partial charge in [0.25, 0.3) is 11.8 Å². The average molecular weight is 487 g/mol.